The number of aryl methyl sites for hydroxylation is 1. The summed E-state index contributed by atoms with van der Waals surface area (Å²) in [6, 6.07) is 16.3. The summed E-state index contributed by atoms with van der Waals surface area (Å²) in [5.41, 5.74) is 4.39. The van der Waals surface area contributed by atoms with Crippen molar-refractivity contribution in [3.05, 3.63) is 69.7 Å². The first kappa shape index (κ1) is 24.0. The van der Waals surface area contributed by atoms with Crippen LogP contribution in [0.1, 0.15) is 74.6 Å². The van der Waals surface area contributed by atoms with E-state index in [0.29, 0.717) is 17.4 Å². The Bertz CT molecular complexity index is 885. The second-order valence-electron chi connectivity index (χ2n) is 7.46. The normalized spacial score (nSPS) is 24.2. The minimum absolute atomic E-state index is 0.102. The fourth-order valence-electron chi connectivity index (χ4n) is 4.92. The maximum absolute atomic E-state index is 12.3. The van der Waals surface area contributed by atoms with E-state index in [0.717, 1.165) is 30.0 Å². The van der Waals surface area contributed by atoms with Crippen molar-refractivity contribution in [2.24, 2.45) is 11.8 Å². The molecular weight excluding hydrogens is 392 g/mol. The fraction of sp³-hybridized carbons (Fsp3) is 0.462. The van der Waals surface area contributed by atoms with Gasteiger partial charge in [0.15, 0.2) is 0 Å². The molecule has 1 saturated carbocycles. The lowest BCUT2D eigenvalue weighted by Gasteiger charge is -2.40. The van der Waals surface area contributed by atoms with Crippen LogP contribution in [0.25, 0.3) is 0 Å². The lowest BCUT2D eigenvalue weighted by molar-refractivity contribution is -0.123. The highest BCUT2D eigenvalue weighted by Crippen LogP contribution is 2.51. The number of rotatable bonds is 2. The van der Waals surface area contributed by atoms with Gasteiger partial charge in [-0.15, -0.1) is 0 Å². The van der Waals surface area contributed by atoms with Crippen LogP contribution in [0.4, 0.5) is 0 Å². The molecule has 160 valence electrons. The van der Waals surface area contributed by atoms with Gasteiger partial charge < -0.3 is 5.32 Å². The Hall–Kier alpha value is -2.31. The highest BCUT2D eigenvalue weighted by molar-refractivity contribution is 6.30. The van der Waals surface area contributed by atoms with Crippen LogP contribution in [0, 0.1) is 30.1 Å². The van der Waals surface area contributed by atoms with E-state index in [-0.39, 0.29) is 17.7 Å². The van der Waals surface area contributed by atoms with Crippen LogP contribution in [0.2, 0.25) is 5.02 Å². The number of halogens is 1. The van der Waals surface area contributed by atoms with Crippen LogP contribution < -0.4 is 5.32 Å². The first-order valence-electron chi connectivity index (χ1n) is 11.1. The standard InChI is InChI=1S/C22H21ClN2O.2C2H6/c1-13-10-14(11-24)2-7-17(13)18-8-9-19-20(12-25-22(19)26)21(18)15-3-5-16(23)6-4-15;2*1-2/h2-7,10,18-21H,8-9,12H2,1H3,(H,25,26);2*1-2H3. The van der Waals surface area contributed by atoms with Gasteiger partial charge in [0.2, 0.25) is 5.91 Å². The molecule has 1 aliphatic carbocycles. The van der Waals surface area contributed by atoms with Crippen molar-refractivity contribution in [2.75, 3.05) is 6.54 Å². The molecule has 4 rings (SSSR count). The van der Waals surface area contributed by atoms with Crippen LogP contribution in [-0.4, -0.2) is 12.5 Å². The molecule has 4 atom stereocenters. The van der Waals surface area contributed by atoms with E-state index in [1.54, 1.807) is 0 Å². The third-order valence-electron chi connectivity index (χ3n) is 6.10. The highest BCUT2D eigenvalue weighted by atomic mass is 35.5. The lowest BCUT2D eigenvalue weighted by Crippen LogP contribution is -2.32. The Morgan fingerprint density at radius 2 is 1.63 bits per heavy atom. The van der Waals surface area contributed by atoms with Gasteiger partial charge in [0.05, 0.1) is 11.6 Å². The summed E-state index contributed by atoms with van der Waals surface area (Å²) in [4.78, 5) is 12.3. The zero-order valence-electron chi connectivity index (χ0n) is 18.7. The minimum Gasteiger partial charge on any atom is -0.356 e. The summed E-state index contributed by atoms with van der Waals surface area (Å²) >= 11 is 6.10. The van der Waals surface area contributed by atoms with E-state index in [1.165, 1.54) is 11.1 Å². The predicted molar refractivity (Wildman–Crippen MR) is 125 cm³/mol. The number of hydrogen-bond donors (Lipinski definition) is 1. The first-order chi connectivity index (χ1) is 14.6. The van der Waals surface area contributed by atoms with E-state index in [2.05, 4.69) is 36.5 Å². The molecule has 1 heterocycles. The van der Waals surface area contributed by atoms with E-state index < -0.39 is 0 Å². The largest absolute Gasteiger partial charge is 0.356 e. The molecule has 2 aromatic carbocycles. The summed E-state index contributed by atoms with van der Waals surface area (Å²) in [6.07, 6.45) is 1.90. The molecule has 2 aromatic rings. The number of carbonyl (C=O) groups excluding carboxylic acids is 1. The molecule has 1 amide bonds. The number of nitrogens with one attached hydrogen (secondary N) is 1. The van der Waals surface area contributed by atoms with E-state index in [1.807, 2.05) is 52.0 Å². The Morgan fingerprint density at radius 1 is 1.00 bits per heavy atom. The number of nitriles is 1. The van der Waals surface area contributed by atoms with Crippen molar-refractivity contribution >= 4 is 17.5 Å². The number of benzene rings is 2. The molecule has 1 N–H and O–H groups in total. The molecular formula is C26H33ClN2O. The van der Waals surface area contributed by atoms with Crippen molar-refractivity contribution in [3.8, 4) is 6.07 Å². The number of carbonyl (C=O) groups is 1. The molecule has 0 spiro atoms. The number of hydrogen-bond acceptors (Lipinski definition) is 2. The molecule has 2 aliphatic rings. The third-order valence-corrected chi connectivity index (χ3v) is 6.35. The molecule has 0 radical (unpaired) electrons. The molecule has 2 fully saturated rings. The van der Waals surface area contributed by atoms with Crippen LogP contribution in [0.15, 0.2) is 42.5 Å². The minimum atomic E-state index is 0.102. The van der Waals surface area contributed by atoms with Gasteiger partial charge in [-0.25, -0.2) is 0 Å². The van der Waals surface area contributed by atoms with Crippen molar-refractivity contribution in [3.63, 3.8) is 0 Å². The second-order valence-corrected chi connectivity index (χ2v) is 7.90. The van der Waals surface area contributed by atoms with Crippen LogP contribution in [0.5, 0.6) is 0 Å². The zero-order chi connectivity index (χ0) is 22.3. The smallest absolute Gasteiger partial charge is 0.223 e. The monoisotopic (exact) mass is 424 g/mol. The van der Waals surface area contributed by atoms with Crippen molar-refractivity contribution in [1.29, 1.82) is 5.26 Å². The van der Waals surface area contributed by atoms with E-state index in [4.69, 9.17) is 16.9 Å². The van der Waals surface area contributed by atoms with Crippen molar-refractivity contribution in [1.82, 2.24) is 5.32 Å². The van der Waals surface area contributed by atoms with Gasteiger partial charge in [0.25, 0.3) is 0 Å². The molecule has 0 aromatic heterocycles. The SMILES string of the molecule is CC.CC.Cc1cc(C#N)ccc1C1CCC2C(=O)NCC2C1c1ccc(Cl)cc1. The summed E-state index contributed by atoms with van der Waals surface area (Å²) in [7, 11) is 0. The van der Waals surface area contributed by atoms with Gasteiger partial charge in [0.1, 0.15) is 0 Å². The van der Waals surface area contributed by atoms with Gasteiger partial charge in [-0.1, -0.05) is 57.5 Å². The van der Waals surface area contributed by atoms with Gasteiger partial charge in [-0.05, 0) is 78.5 Å². The number of nitrogens with zero attached hydrogens (tertiary/aromatic N) is 1. The Labute approximate surface area is 186 Å². The molecule has 0 bridgehead atoms. The van der Waals surface area contributed by atoms with Gasteiger partial charge >= 0.3 is 0 Å². The van der Waals surface area contributed by atoms with Crippen LogP contribution in [0.3, 0.4) is 0 Å². The van der Waals surface area contributed by atoms with E-state index >= 15 is 0 Å². The third kappa shape index (κ3) is 4.87. The summed E-state index contributed by atoms with van der Waals surface area (Å²) in [5, 5.41) is 13.0. The number of fused-ring (bicyclic) bond motifs is 1. The van der Waals surface area contributed by atoms with Gasteiger partial charge in [-0.2, -0.15) is 5.26 Å². The Balaban J connectivity index is 0.000000757. The first-order valence-corrected chi connectivity index (χ1v) is 11.5. The Kier molecular flexibility index (Phi) is 8.93. The molecule has 4 heteroatoms. The summed E-state index contributed by atoms with van der Waals surface area (Å²) in [5.74, 6) is 1.22. The van der Waals surface area contributed by atoms with Crippen LogP contribution >= 0.6 is 11.6 Å². The molecule has 3 nitrogen and oxygen atoms in total. The highest BCUT2D eigenvalue weighted by Gasteiger charge is 2.47. The van der Waals surface area contributed by atoms with Crippen LogP contribution in [-0.2, 0) is 4.79 Å². The lowest BCUT2D eigenvalue weighted by atomic mass is 9.63. The maximum atomic E-state index is 12.3. The zero-order valence-corrected chi connectivity index (χ0v) is 19.5. The predicted octanol–water partition coefficient (Wildman–Crippen LogP) is 6.60. The average molecular weight is 425 g/mol. The summed E-state index contributed by atoms with van der Waals surface area (Å²) < 4.78 is 0. The van der Waals surface area contributed by atoms with E-state index in [9.17, 15) is 4.79 Å². The van der Waals surface area contributed by atoms with Crippen molar-refractivity contribution < 1.29 is 4.79 Å². The average Bonchev–Trinajstić information content (AvgIpc) is 3.17. The maximum Gasteiger partial charge on any atom is 0.223 e. The summed E-state index contributed by atoms with van der Waals surface area (Å²) in [6.45, 7) is 10.8. The molecule has 4 unspecified atom stereocenters. The second kappa shape index (κ2) is 11.2. The Morgan fingerprint density at radius 3 is 2.23 bits per heavy atom. The molecule has 30 heavy (non-hydrogen) atoms. The molecule has 1 saturated heterocycles. The van der Waals surface area contributed by atoms with Crippen molar-refractivity contribution in [2.45, 2.75) is 59.3 Å². The fourth-order valence-corrected chi connectivity index (χ4v) is 5.05. The quantitative estimate of drug-likeness (QED) is 0.590. The number of amides is 1. The van der Waals surface area contributed by atoms with Gasteiger partial charge in [-0.3, -0.25) is 4.79 Å². The topological polar surface area (TPSA) is 52.9 Å². The van der Waals surface area contributed by atoms with Gasteiger partial charge in [0, 0.05) is 17.5 Å². The molecule has 1 aliphatic heterocycles.